The van der Waals surface area contributed by atoms with Gasteiger partial charge in [-0.15, -0.1) is 0 Å². The first-order valence-electron chi connectivity index (χ1n) is 14.4. The molecule has 1 heterocycles. The number of carbonyl (C=O) groups excluding carboxylic acids is 2. The van der Waals surface area contributed by atoms with E-state index in [9.17, 15) is 18.0 Å². The van der Waals surface area contributed by atoms with Crippen LogP contribution >= 0.6 is 11.6 Å². The van der Waals surface area contributed by atoms with Crippen LogP contribution in [0.3, 0.4) is 0 Å². The second kappa shape index (κ2) is 13.7. The zero-order chi connectivity index (χ0) is 30.4. The van der Waals surface area contributed by atoms with E-state index >= 15 is 0 Å². The molecule has 9 nitrogen and oxygen atoms in total. The number of carbonyl (C=O) groups is 2. The number of benzene rings is 3. The van der Waals surface area contributed by atoms with E-state index in [1.54, 1.807) is 30.3 Å². The highest BCUT2D eigenvalue weighted by atomic mass is 35.5. The van der Waals surface area contributed by atoms with E-state index in [1.165, 1.54) is 11.0 Å². The SMILES string of the molecule is CS(=O)(=O)N(CC(=O)N(Cc1ccccc1Cl)[C@@H](Cc1ccccc1)C(=O)NC1CCCCC1)c1ccc2c(c1)OCO2. The van der Waals surface area contributed by atoms with Gasteiger partial charge in [-0.3, -0.25) is 13.9 Å². The molecule has 0 saturated heterocycles. The van der Waals surface area contributed by atoms with Gasteiger partial charge in [0.05, 0.1) is 11.9 Å². The van der Waals surface area contributed by atoms with E-state index < -0.39 is 28.5 Å². The molecule has 1 saturated carbocycles. The maximum atomic E-state index is 14.3. The quantitative estimate of drug-likeness (QED) is 0.324. The van der Waals surface area contributed by atoms with Crippen LogP contribution in [0, 0.1) is 0 Å². The smallest absolute Gasteiger partial charge is 0.244 e. The highest BCUT2D eigenvalue weighted by molar-refractivity contribution is 7.92. The Balaban J connectivity index is 1.51. The Hall–Kier alpha value is -3.76. The number of rotatable bonds is 11. The van der Waals surface area contributed by atoms with Crippen LogP contribution in [0.15, 0.2) is 72.8 Å². The first kappa shape index (κ1) is 30.7. The highest BCUT2D eigenvalue weighted by Crippen LogP contribution is 2.36. The number of halogens is 1. The zero-order valence-electron chi connectivity index (χ0n) is 24.1. The van der Waals surface area contributed by atoms with E-state index in [4.69, 9.17) is 21.1 Å². The van der Waals surface area contributed by atoms with E-state index in [2.05, 4.69) is 5.32 Å². The fourth-order valence-electron chi connectivity index (χ4n) is 5.56. The number of hydrogen-bond donors (Lipinski definition) is 1. The molecule has 2 aliphatic rings. The number of nitrogens with one attached hydrogen (secondary N) is 1. The van der Waals surface area contributed by atoms with Gasteiger partial charge in [0.2, 0.25) is 28.6 Å². The van der Waals surface area contributed by atoms with Crippen LogP contribution in [0.5, 0.6) is 11.5 Å². The summed E-state index contributed by atoms with van der Waals surface area (Å²) in [6.45, 7) is -0.475. The maximum Gasteiger partial charge on any atom is 0.244 e. The molecule has 3 aromatic rings. The van der Waals surface area contributed by atoms with Crippen molar-refractivity contribution in [2.24, 2.45) is 0 Å². The third-order valence-electron chi connectivity index (χ3n) is 7.84. The van der Waals surface area contributed by atoms with Crippen molar-refractivity contribution in [3.05, 3.63) is 88.9 Å². The summed E-state index contributed by atoms with van der Waals surface area (Å²) < 4.78 is 37.9. The predicted molar refractivity (Wildman–Crippen MR) is 166 cm³/mol. The van der Waals surface area contributed by atoms with Crippen molar-refractivity contribution in [1.29, 1.82) is 0 Å². The summed E-state index contributed by atoms with van der Waals surface area (Å²) in [4.78, 5) is 29.8. The van der Waals surface area contributed by atoms with Crippen molar-refractivity contribution in [2.75, 3.05) is 23.9 Å². The van der Waals surface area contributed by atoms with Gasteiger partial charge in [-0.1, -0.05) is 79.4 Å². The van der Waals surface area contributed by atoms with Crippen molar-refractivity contribution in [3.8, 4) is 11.5 Å². The van der Waals surface area contributed by atoms with Crippen molar-refractivity contribution in [1.82, 2.24) is 10.2 Å². The average Bonchev–Trinajstić information content (AvgIpc) is 3.47. The number of ether oxygens (including phenoxy) is 2. The Morgan fingerprint density at radius 2 is 1.65 bits per heavy atom. The Morgan fingerprint density at radius 3 is 2.37 bits per heavy atom. The summed E-state index contributed by atoms with van der Waals surface area (Å²) in [6.07, 6.45) is 6.27. The number of fused-ring (bicyclic) bond motifs is 1. The Morgan fingerprint density at radius 1 is 0.953 bits per heavy atom. The van der Waals surface area contributed by atoms with Crippen molar-refractivity contribution < 1.29 is 27.5 Å². The molecule has 0 aromatic heterocycles. The lowest BCUT2D eigenvalue weighted by Gasteiger charge is -2.35. The molecule has 228 valence electrons. The van der Waals surface area contributed by atoms with Crippen LogP contribution in [-0.4, -0.2) is 56.8 Å². The monoisotopic (exact) mass is 625 g/mol. The van der Waals surface area contributed by atoms with Crippen LogP contribution in [0.1, 0.15) is 43.2 Å². The summed E-state index contributed by atoms with van der Waals surface area (Å²) in [5.74, 6) is 0.0689. The molecule has 11 heteroatoms. The topological polar surface area (TPSA) is 105 Å². The minimum Gasteiger partial charge on any atom is -0.454 e. The average molecular weight is 626 g/mol. The number of anilines is 1. The van der Waals surface area contributed by atoms with Crippen molar-refractivity contribution >= 4 is 39.1 Å². The lowest BCUT2D eigenvalue weighted by molar-refractivity contribution is -0.140. The van der Waals surface area contributed by atoms with Gasteiger partial charge >= 0.3 is 0 Å². The number of sulfonamides is 1. The van der Waals surface area contributed by atoms with Crippen LogP contribution < -0.4 is 19.1 Å². The van der Waals surface area contributed by atoms with Crippen LogP contribution in [0.25, 0.3) is 0 Å². The number of nitrogens with zero attached hydrogens (tertiary/aromatic N) is 2. The van der Waals surface area contributed by atoms with Gasteiger partial charge in [-0.2, -0.15) is 0 Å². The molecule has 1 atom stereocenters. The van der Waals surface area contributed by atoms with Gasteiger partial charge < -0.3 is 19.7 Å². The van der Waals surface area contributed by atoms with Crippen LogP contribution in [-0.2, 0) is 32.6 Å². The van der Waals surface area contributed by atoms with E-state index in [1.807, 2.05) is 36.4 Å². The molecule has 2 amide bonds. The molecular formula is C32H36ClN3O6S. The van der Waals surface area contributed by atoms with Crippen LogP contribution in [0.2, 0.25) is 5.02 Å². The molecule has 0 radical (unpaired) electrons. The summed E-state index contributed by atoms with van der Waals surface area (Å²) in [5, 5.41) is 3.64. The predicted octanol–water partition coefficient (Wildman–Crippen LogP) is 4.92. The molecule has 5 rings (SSSR count). The van der Waals surface area contributed by atoms with Gasteiger partial charge in [-0.25, -0.2) is 8.42 Å². The van der Waals surface area contributed by atoms with Gasteiger partial charge in [0.1, 0.15) is 12.6 Å². The zero-order valence-corrected chi connectivity index (χ0v) is 25.6. The fraction of sp³-hybridized carbons (Fsp3) is 0.375. The molecule has 3 aromatic carbocycles. The van der Waals surface area contributed by atoms with E-state index in [-0.39, 0.29) is 37.4 Å². The molecule has 1 fully saturated rings. The minimum atomic E-state index is -3.91. The standard InChI is InChI=1S/C32H36ClN3O6S/c1-43(39,40)36(26-16-17-29-30(19-26)42-22-41-29)21-31(37)35(20-24-12-8-9-15-27(24)33)28(18-23-10-4-2-5-11-23)32(38)34-25-13-6-3-7-14-25/h2,4-5,8-12,15-17,19,25,28H,3,6-7,13-14,18,20-22H2,1H3,(H,34,38)/t28-/m0/s1. The largest absolute Gasteiger partial charge is 0.454 e. The van der Waals surface area contributed by atoms with Gasteiger partial charge in [-0.05, 0) is 42.2 Å². The Labute approximate surface area is 257 Å². The Bertz CT molecular complexity index is 1550. The second-order valence-corrected chi connectivity index (χ2v) is 13.3. The highest BCUT2D eigenvalue weighted by Gasteiger charge is 2.34. The normalized spacial score (nSPS) is 15.5. The van der Waals surface area contributed by atoms with E-state index in [0.717, 1.165) is 48.2 Å². The third-order valence-corrected chi connectivity index (χ3v) is 9.35. The fourth-order valence-corrected chi connectivity index (χ4v) is 6.60. The lowest BCUT2D eigenvalue weighted by atomic mass is 9.94. The molecular weight excluding hydrogens is 590 g/mol. The summed E-state index contributed by atoms with van der Waals surface area (Å²) in [7, 11) is -3.91. The van der Waals surface area contributed by atoms with E-state index in [0.29, 0.717) is 22.1 Å². The molecule has 1 aliphatic carbocycles. The molecule has 0 unspecified atom stereocenters. The van der Waals surface area contributed by atoms with Gasteiger partial charge in [0.25, 0.3) is 0 Å². The summed E-state index contributed by atoms with van der Waals surface area (Å²) in [6, 6.07) is 20.4. The van der Waals surface area contributed by atoms with Crippen molar-refractivity contribution in [2.45, 2.75) is 57.2 Å². The molecule has 0 bridgehead atoms. The summed E-state index contributed by atoms with van der Waals surface area (Å²) in [5.41, 5.74) is 1.78. The maximum absolute atomic E-state index is 14.3. The minimum absolute atomic E-state index is 0.0207. The molecule has 1 aliphatic heterocycles. The van der Waals surface area contributed by atoms with Crippen LogP contribution in [0.4, 0.5) is 5.69 Å². The first-order valence-corrected chi connectivity index (χ1v) is 16.7. The molecule has 0 spiro atoms. The lowest BCUT2D eigenvalue weighted by Crippen LogP contribution is -2.55. The third kappa shape index (κ3) is 7.80. The second-order valence-electron chi connectivity index (χ2n) is 11.0. The number of amides is 2. The van der Waals surface area contributed by atoms with Gasteiger partial charge in [0, 0.05) is 30.1 Å². The molecule has 43 heavy (non-hydrogen) atoms. The number of hydrogen-bond acceptors (Lipinski definition) is 6. The first-order chi connectivity index (χ1) is 20.7. The van der Waals surface area contributed by atoms with Crippen molar-refractivity contribution in [3.63, 3.8) is 0 Å². The molecule has 1 N–H and O–H groups in total. The van der Waals surface area contributed by atoms with Gasteiger partial charge in [0.15, 0.2) is 11.5 Å². The Kier molecular flexibility index (Phi) is 9.77. The summed E-state index contributed by atoms with van der Waals surface area (Å²) >= 11 is 6.53.